The van der Waals surface area contributed by atoms with Gasteiger partial charge in [-0.1, -0.05) is 0 Å². The van der Waals surface area contributed by atoms with Gasteiger partial charge in [-0.25, -0.2) is 17.6 Å². The number of nitrogens with one attached hydrogen (secondary N) is 2. The molecule has 13 heteroatoms. The van der Waals surface area contributed by atoms with Crippen LogP contribution in [0.1, 0.15) is 22.8 Å². The van der Waals surface area contributed by atoms with E-state index in [1.54, 1.807) is 4.72 Å². The van der Waals surface area contributed by atoms with E-state index in [0.717, 1.165) is 31.2 Å². The molecule has 0 aliphatic rings. The molecule has 2 aromatic carbocycles. The molecular formula is C18H16F4N2O6S. The van der Waals surface area contributed by atoms with Gasteiger partial charge in [0.15, 0.2) is 6.04 Å². The fourth-order valence-electron chi connectivity index (χ4n) is 2.44. The quantitative estimate of drug-likeness (QED) is 0.465. The average molecular weight is 464 g/mol. The lowest BCUT2D eigenvalue weighted by atomic mass is 10.1. The fourth-order valence-corrected chi connectivity index (χ4v) is 3.52. The number of aliphatic hydroxyl groups is 1. The zero-order valence-electron chi connectivity index (χ0n) is 15.6. The third-order valence-corrected chi connectivity index (χ3v) is 5.37. The number of carboxylic acids is 1. The number of aliphatic carboxylic acids is 1. The van der Waals surface area contributed by atoms with Gasteiger partial charge in [-0.3, -0.25) is 9.52 Å². The Balaban J connectivity index is 2.27. The lowest BCUT2D eigenvalue weighted by Gasteiger charge is -2.17. The second kappa shape index (κ2) is 8.89. The second-order valence-corrected chi connectivity index (χ2v) is 8.03. The minimum absolute atomic E-state index is 0.145. The van der Waals surface area contributed by atoms with Gasteiger partial charge >= 0.3 is 12.1 Å². The first kappa shape index (κ1) is 24.1. The molecule has 2 atom stereocenters. The average Bonchev–Trinajstić information content (AvgIpc) is 2.66. The Kier molecular flexibility index (Phi) is 6.91. The molecule has 1 amide bonds. The van der Waals surface area contributed by atoms with Crippen molar-refractivity contribution >= 4 is 27.6 Å². The Morgan fingerprint density at radius 1 is 1.06 bits per heavy atom. The number of hydrogen-bond acceptors (Lipinski definition) is 5. The van der Waals surface area contributed by atoms with Crippen LogP contribution >= 0.6 is 0 Å². The van der Waals surface area contributed by atoms with Crippen molar-refractivity contribution in [3.8, 4) is 0 Å². The highest BCUT2D eigenvalue weighted by Crippen LogP contribution is 2.36. The molecule has 168 valence electrons. The number of sulfonamides is 1. The van der Waals surface area contributed by atoms with E-state index in [-0.39, 0.29) is 11.6 Å². The number of rotatable bonds is 7. The summed E-state index contributed by atoms with van der Waals surface area (Å²) in [6.07, 6.45) is -6.43. The molecule has 0 saturated heterocycles. The van der Waals surface area contributed by atoms with Crippen LogP contribution in [0.15, 0.2) is 47.4 Å². The van der Waals surface area contributed by atoms with E-state index in [0.29, 0.717) is 12.1 Å². The van der Waals surface area contributed by atoms with Gasteiger partial charge in [-0.15, -0.1) is 0 Å². The minimum atomic E-state index is -5.02. The van der Waals surface area contributed by atoms with Crippen LogP contribution in [0.4, 0.5) is 23.2 Å². The van der Waals surface area contributed by atoms with Crippen LogP contribution in [0.25, 0.3) is 0 Å². The van der Waals surface area contributed by atoms with Gasteiger partial charge in [0.2, 0.25) is 0 Å². The van der Waals surface area contributed by atoms with E-state index in [1.165, 1.54) is 0 Å². The summed E-state index contributed by atoms with van der Waals surface area (Å²) < 4.78 is 78.9. The minimum Gasteiger partial charge on any atom is -0.480 e. The van der Waals surface area contributed by atoms with E-state index in [9.17, 15) is 40.7 Å². The summed E-state index contributed by atoms with van der Waals surface area (Å²) in [5.74, 6) is -3.63. The van der Waals surface area contributed by atoms with Crippen molar-refractivity contribution in [3.63, 3.8) is 0 Å². The van der Waals surface area contributed by atoms with Gasteiger partial charge < -0.3 is 15.5 Å². The Morgan fingerprint density at radius 3 is 2.13 bits per heavy atom. The molecule has 0 heterocycles. The molecular weight excluding hydrogens is 448 g/mol. The van der Waals surface area contributed by atoms with Gasteiger partial charge in [0.25, 0.3) is 15.9 Å². The smallest absolute Gasteiger partial charge is 0.418 e. The SMILES string of the molecule is CC(O)C(NC(=O)c1ccc(S(=O)(=O)Nc2ccc(F)cc2C(F)(F)F)cc1)C(=O)O. The van der Waals surface area contributed by atoms with E-state index < -0.39 is 62.2 Å². The molecule has 2 rings (SSSR count). The zero-order valence-corrected chi connectivity index (χ0v) is 16.5. The zero-order chi connectivity index (χ0) is 23.6. The van der Waals surface area contributed by atoms with Crippen LogP contribution in [-0.4, -0.2) is 42.7 Å². The molecule has 0 aromatic heterocycles. The first-order valence-electron chi connectivity index (χ1n) is 8.43. The predicted octanol–water partition coefficient (Wildman–Crippen LogP) is 2.21. The molecule has 0 fully saturated rings. The maximum Gasteiger partial charge on any atom is 0.418 e. The third-order valence-electron chi connectivity index (χ3n) is 3.99. The van der Waals surface area contributed by atoms with Crippen molar-refractivity contribution in [2.75, 3.05) is 4.72 Å². The number of benzene rings is 2. The summed E-state index contributed by atoms with van der Waals surface area (Å²) in [5, 5.41) is 20.4. The summed E-state index contributed by atoms with van der Waals surface area (Å²) >= 11 is 0. The summed E-state index contributed by atoms with van der Waals surface area (Å²) in [4.78, 5) is 22.6. The van der Waals surface area contributed by atoms with Crippen molar-refractivity contribution in [1.29, 1.82) is 0 Å². The van der Waals surface area contributed by atoms with Crippen LogP contribution in [0, 0.1) is 5.82 Å². The van der Waals surface area contributed by atoms with Gasteiger partial charge in [0.1, 0.15) is 5.82 Å². The topological polar surface area (TPSA) is 133 Å². The highest BCUT2D eigenvalue weighted by atomic mass is 32.2. The molecule has 0 bridgehead atoms. The Morgan fingerprint density at radius 2 is 1.65 bits per heavy atom. The Hall–Kier alpha value is -3.19. The maximum absolute atomic E-state index is 13.2. The number of hydrogen-bond donors (Lipinski definition) is 4. The molecule has 0 aliphatic heterocycles. The number of alkyl halides is 3. The van der Waals surface area contributed by atoms with Crippen LogP contribution in [0.2, 0.25) is 0 Å². The number of anilines is 1. The first-order valence-corrected chi connectivity index (χ1v) is 9.92. The molecule has 31 heavy (non-hydrogen) atoms. The molecule has 0 spiro atoms. The van der Waals surface area contributed by atoms with Crippen LogP contribution in [-0.2, 0) is 21.0 Å². The van der Waals surface area contributed by atoms with Crippen molar-refractivity contribution < 1.29 is 45.8 Å². The van der Waals surface area contributed by atoms with Crippen LogP contribution in [0.3, 0.4) is 0 Å². The summed E-state index contributed by atoms with van der Waals surface area (Å²) in [7, 11) is -4.54. The summed E-state index contributed by atoms with van der Waals surface area (Å²) in [5.41, 5.74) is -2.58. The predicted molar refractivity (Wildman–Crippen MR) is 99.2 cm³/mol. The number of aliphatic hydroxyl groups excluding tert-OH is 1. The highest BCUT2D eigenvalue weighted by Gasteiger charge is 2.35. The van der Waals surface area contributed by atoms with Gasteiger partial charge in [0.05, 0.1) is 22.3 Å². The van der Waals surface area contributed by atoms with E-state index in [4.69, 9.17) is 5.11 Å². The normalized spacial score (nSPS) is 13.9. The second-order valence-electron chi connectivity index (χ2n) is 6.35. The van der Waals surface area contributed by atoms with Crippen molar-refractivity contribution in [2.45, 2.75) is 30.1 Å². The van der Waals surface area contributed by atoms with Crippen molar-refractivity contribution in [1.82, 2.24) is 5.32 Å². The fraction of sp³-hybridized carbons (Fsp3) is 0.222. The van der Waals surface area contributed by atoms with E-state index in [2.05, 4.69) is 0 Å². The standard InChI is InChI=1S/C18H16F4N2O6S/c1-9(25)15(17(27)28)23-16(26)10-2-5-12(6-3-10)31(29,30)24-14-7-4-11(19)8-13(14)18(20,21)22/h2-9,15,24-25H,1H3,(H,23,26)(H,27,28). The molecule has 0 radical (unpaired) electrons. The lowest BCUT2D eigenvalue weighted by Crippen LogP contribution is -2.47. The molecule has 2 aromatic rings. The first-order chi connectivity index (χ1) is 14.2. The number of carbonyl (C=O) groups is 2. The molecule has 2 unspecified atom stereocenters. The van der Waals surface area contributed by atoms with Gasteiger partial charge in [-0.05, 0) is 49.4 Å². The number of halogens is 4. The van der Waals surface area contributed by atoms with Crippen molar-refractivity contribution in [2.24, 2.45) is 0 Å². The Labute approximate surface area is 173 Å². The van der Waals surface area contributed by atoms with Crippen LogP contribution in [0.5, 0.6) is 0 Å². The number of amides is 1. The molecule has 8 nitrogen and oxygen atoms in total. The summed E-state index contributed by atoms with van der Waals surface area (Å²) in [6, 6.07) is 3.63. The third kappa shape index (κ3) is 5.92. The van der Waals surface area contributed by atoms with E-state index in [1.807, 2.05) is 5.32 Å². The highest BCUT2D eigenvalue weighted by molar-refractivity contribution is 7.92. The molecule has 0 saturated carbocycles. The van der Waals surface area contributed by atoms with Gasteiger partial charge in [-0.2, -0.15) is 13.2 Å². The largest absolute Gasteiger partial charge is 0.480 e. The summed E-state index contributed by atoms with van der Waals surface area (Å²) in [6.45, 7) is 1.14. The van der Waals surface area contributed by atoms with Crippen molar-refractivity contribution in [3.05, 3.63) is 59.4 Å². The van der Waals surface area contributed by atoms with Crippen LogP contribution < -0.4 is 10.0 Å². The Bertz CT molecular complexity index is 1090. The van der Waals surface area contributed by atoms with E-state index >= 15 is 0 Å². The molecule has 4 N–H and O–H groups in total. The molecule has 0 aliphatic carbocycles. The number of carbonyl (C=O) groups excluding carboxylic acids is 1. The monoisotopic (exact) mass is 464 g/mol. The maximum atomic E-state index is 13.2. The van der Waals surface area contributed by atoms with Gasteiger partial charge in [0, 0.05) is 5.56 Å². The number of carboxylic acid groups (broad SMARTS) is 1. The lowest BCUT2D eigenvalue weighted by molar-refractivity contribution is -0.142.